The molecule has 0 spiro atoms. The molecule has 0 aliphatic carbocycles. The maximum Gasteiger partial charge on any atom is 0.179 e. The lowest BCUT2D eigenvalue weighted by Crippen LogP contribution is -2.45. The van der Waals surface area contributed by atoms with E-state index in [2.05, 4.69) is 26.5 Å². The highest BCUT2D eigenvalue weighted by atomic mass is 35.5. The van der Waals surface area contributed by atoms with Crippen molar-refractivity contribution in [2.24, 2.45) is 0 Å². The summed E-state index contributed by atoms with van der Waals surface area (Å²) in [5, 5.41) is 0.637. The molecule has 0 unspecified atom stereocenters. The number of fused-ring (bicyclic) bond motifs is 2. The van der Waals surface area contributed by atoms with Gasteiger partial charge in [-0.3, -0.25) is 9.80 Å². The zero-order valence-electron chi connectivity index (χ0n) is 15.7. The van der Waals surface area contributed by atoms with Gasteiger partial charge in [0.1, 0.15) is 18.9 Å². The minimum Gasteiger partial charge on any atom is -0.486 e. The molecule has 0 saturated carbocycles. The molecule has 1 aromatic carbocycles. The zero-order valence-corrected chi connectivity index (χ0v) is 16.4. The molecule has 2 aliphatic heterocycles. The van der Waals surface area contributed by atoms with Gasteiger partial charge in [0.2, 0.25) is 0 Å². The van der Waals surface area contributed by atoms with Gasteiger partial charge in [0.15, 0.2) is 11.5 Å². The second-order valence-electron chi connectivity index (χ2n) is 7.35. The first-order valence-corrected chi connectivity index (χ1v) is 10.1. The van der Waals surface area contributed by atoms with Crippen LogP contribution in [0.15, 0.2) is 42.7 Å². The Labute approximate surface area is 169 Å². The first-order chi connectivity index (χ1) is 13.7. The summed E-state index contributed by atoms with van der Waals surface area (Å²) in [6.45, 7) is 7.02. The molecule has 4 heterocycles. The minimum absolute atomic E-state index is 0.556. The van der Waals surface area contributed by atoms with E-state index in [0.717, 1.165) is 56.4 Å². The summed E-state index contributed by atoms with van der Waals surface area (Å²) in [7, 11) is 0. The Morgan fingerprint density at radius 1 is 0.964 bits per heavy atom. The van der Waals surface area contributed by atoms with Crippen LogP contribution in [0.1, 0.15) is 11.3 Å². The highest BCUT2D eigenvalue weighted by molar-refractivity contribution is 6.32. The minimum atomic E-state index is 0.556. The summed E-state index contributed by atoms with van der Waals surface area (Å²) in [4.78, 5) is 9.64. The quantitative estimate of drug-likeness (QED) is 0.675. The molecule has 146 valence electrons. The zero-order chi connectivity index (χ0) is 18.9. The van der Waals surface area contributed by atoms with E-state index in [1.165, 1.54) is 5.56 Å². The van der Waals surface area contributed by atoms with Crippen LogP contribution in [0, 0.1) is 0 Å². The molecular weight excluding hydrogens is 376 g/mol. The predicted octanol–water partition coefficient (Wildman–Crippen LogP) is 3.08. The summed E-state index contributed by atoms with van der Waals surface area (Å²) in [6, 6.07) is 10.2. The number of pyridine rings is 1. The van der Waals surface area contributed by atoms with Crippen molar-refractivity contribution < 1.29 is 9.47 Å². The van der Waals surface area contributed by atoms with Gasteiger partial charge in [-0.15, -0.1) is 0 Å². The maximum absolute atomic E-state index is 6.37. The molecule has 1 fully saturated rings. The number of hydrogen-bond acceptors (Lipinski definition) is 5. The molecule has 2 aromatic heterocycles. The Hall–Kier alpha value is -2.28. The Balaban J connectivity index is 1.19. The molecule has 0 radical (unpaired) electrons. The summed E-state index contributed by atoms with van der Waals surface area (Å²) in [5.74, 6) is 1.44. The van der Waals surface area contributed by atoms with Crippen molar-refractivity contribution in [2.45, 2.75) is 13.1 Å². The number of piperazine rings is 1. The van der Waals surface area contributed by atoms with Crippen molar-refractivity contribution in [1.82, 2.24) is 19.2 Å². The number of aromatic nitrogens is 2. The normalized spacial score (nSPS) is 17.9. The molecule has 6 nitrogen and oxygen atoms in total. The van der Waals surface area contributed by atoms with E-state index < -0.39 is 0 Å². The molecule has 0 N–H and O–H groups in total. The van der Waals surface area contributed by atoms with Gasteiger partial charge in [-0.25, -0.2) is 4.98 Å². The standard InChI is InChI=1S/C21H23ClN4O2/c22-18-11-16(12-19-21(18)28-10-9-27-19)13-24-5-7-25(8-6-24)14-17-15-26-4-2-1-3-20(26)23-17/h1-4,11-12,15H,5-10,13-14H2. The maximum atomic E-state index is 6.37. The van der Waals surface area contributed by atoms with Crippen LogP contribution in [-0.2, 0) is 13.1 Å². The van der Waals surface area contributed by atoms with Crippen molar-refractivity contribution in [2.75, 3.05) is 39.4 Å². The third-order valence-electron chi connectivity index (χ3n) is 5.33. The fourth-order valence-corrected chi connectivity index (χ4v) is 4.20. The van der Waals surface area contributed by atoms with Crippen LogP contribution >= 0.6 is 11.6 Å². The lowest BCUT2D eigenvalue weighted by atomic mass is 10.1. The third-order valence-corrected chi connectivity index (χ3v) is 5.61. The Morgan fingerprint density at radius 3 is 2.57 bits per heavy atom. The summed E-state index contributed by atoms with van der Waals surface area (Å²) >= 11 is 6.37. The van der Waals surface area contributed by atoms with Gasteiger partial charge in [0.05, 0.1) is 10.7 Å². The van der Waals surface area contributed by atoms with Crippen LogP contribution in [0.4, 0.5) is 0 Å². The molecule has 28 heavy (non-hydrogen) atoms. The number of halogens is 1. The number of nitrogens with zero attached hydrogens (tertiary/aromatic N) is 4. The average molecular weight is 399 g/mol. The fraction of sp³-hybridized carbons (Fsp3) is 0.381. The summed E-state index contributed by atoms with van der Waals surface area (Å²) < 4.78 is 13.4. The van der Waals surface area contributed by atoms with Crippen molar-refractivity contribution in [3.8, 4) is 11.5 Å². The van der Waals surface area contributed by atoms with Crippen LogP contribution < -0.4 is 9.47 Å². The molecule has 0 amide bonds. The second-order valence-corrected chi connectivity index (χ2v) is 7.76. The molecular formula is C21H23ClN4O2. The molecule has 2 aliphatic rings. The van der Waals surface area contributed by atoms with E-state index in [4.69, 9.17) is 26.1 Å². The molecule has 1 saturated heterocycles. The third kappa shape index (κ3) is 3.68. The van der Waals surface area contributed by atoms with Crippen molar-refractivity contribution >= 4 is 17.2 Å². The van der Waals surface area contributed by atoms with Crippen molar-refractivity contribution in [1.29, 1.82) is 0 Å². The van der Waals surface area contributed by atoms with E-state index in [0.29, 0.717) is 24.0 Å². The van der Waals surface area contributed by atoms with Gasteiger partial charge in [-0.05, 0) is 29.8 Å². The smallest absolute Gasteiger partial charge is 0.179 e. The van der Waals surface area contributed by atoms with E-state index in [1.54, 1.807) is 0 Å². The van der Waals surface area contributed by atoms with E-state index in [-0.39, 0.29) is 0 Å². The molecule has 0 atom stereocenters. The van der Waals surface area contributed by atoms with Gasteiger partial charge >= 0.3 is 0 Å². The van der Waals surface area contributed by atoms with Crippen molar-refractivity contribution in [3.05, 3.63) is 59.0 Å². The van der Waals surface area contributed by atoms with Crippen LogP contribution in [0.5, 0.6) is 11.5 Å². The number of ether oxygens (including phenoxy) is 2. The highest BCUT2D eigenvalue weighted by Gasteiger charge is 2.21. The van der Waals surface area contributed by atoms with E-state index in [9.17, 15) is 0 Å². The van der Waals surface area contributed by atoms with E-state index in [1.807, 2.05) is 30.5 Å². The van der Waals surface area contributed by atoms with Gasteiger partial charge in [-0.2, -0.15) is 0 Å². The predicted molar refractivity (Wildman–Crippen MR) is 108 cm³/mol. The number of rotatable bonds is 4. The molecule has 7 heteroatoms. The van der Waals surface area contributed by atoms with Crippen LogP contribution in [0.3, 0.4) is 0 Å². The Morgan fingerprint density at radius 2 is 1.75 bits per heavy atom. The summed E-state index contributed by atoms with van der Waals surface area (Å²) in [6.07, 6.45) is 4.17. The number of benzene rings is 1. The van der Waals surface area contributed by atoms with Gasteiger partial charge < -0.3 is 13.9 Å². The second kappa shape index (κ2) is 7.62. The fourth-order valence-electron chi connectivity index (χ4n) is 3.91. The van der Waals surface area contributed by atoms with Gasteiger partial charge in [0.25, 0.3) is 0 Å². The first-order valence-electron chi connectivity index (χ1n) is 9.70. The van der Waals surface area contributed by atoms with Gasteiger partial charge in [-0.1, -0.05) is 17.7 Å². The largest absolute Gasteiger partial charge is 0.486 e. The average Bonchev–Trinajstić information content (AvgIpc) is 3.12. The first kappa shape index (κ1) is 17.8. The molecule has 3 aromatic rings. The van der Waals surface area contributed by atoms with Crippen molar-refractivity contribution in [3.63, 3.8) is 0 Å². The number of hydrogen-bond donors (Lipinski definition) is 0. The van der Waals surface area contributed by atoms with Crippen LogP contribution in [0.25, 0.3) is 5.65 Å². The molecule has 0 bridgehead atoms. The van der Waals surface area contributed by atoms with Gasteiger partial charge in [0, 0.05) is 51.7 Å². The van der Waals surface area contributed by atoms with Crippen LogP contribution in [0.2, 0.25) is 5.02 Å². The number of imidazole rings is 1. The summed E-state index contributed by atoms with van der Waals surface area (Å²) in [5.41, 5.74) is 3.30. The topological polar surface area (TPSA) is 42.2 Å². The lowest BCUT2D eigenvalue weighted by Gasteiger charge is -2.34. The van der Waals surface area contributed by atoms with E-state index >= 15 is 0 Å². The molecule has 5 rings (SSSR count). The Kier molecular flexibility index (Phi) is 4.84. The van der Waals surface area contributed by atoms with Crippen LogP contribution in [-0.4, -0.2) is 58.6 Å². The lowest BCUT2D eigenvalue weighted by molar-refractivity contribution is 0.120. The monoisotopic (exact) mass is 398 g/mol. The highest BCUT2D eigenvalue weighted by Crippen LogP contribution is 2.38. The SMILES string of the molecule is Clc1cc(CN2CCN(Cc3cn4ccccc4n3)CC2)cc2c1OCCO2. The Bertz CT molecular complexity index is 949.